The number of hydrogen-bond acceptors (Lipinski definition) is 7. The molecule has 0 unspecified atom stereocenters. The summed E-state index contributed by atoms with van der Waals surface area (Å²) in [6, 6.07) is 8.54. The van der Waals surface area contributed by atoms with Crippen LogP contribution in [0.3, 0.4) is 0 Å². The van der Waals surface area contributed by atoms with Crippen molar-refractivity contribution in [3.8, 4) is 5.75 Å². The van der Waals surface area contributed by atoms with Gasteiger partial charge in [-0.1, -0.05) is 18.2 Å². The van der Waals surface area contributed by atoms with Crippen LogP contribution in [0.5, 0.6) is 5.75 Å². The first-order chi connectivity index (χ1) is 12.8. The minimum absolute atomic E-state index is 0.0713. The third kappa shape index (κ3) is 4.24. The van der Waals surface area contributed by atoms with Crippen LogP contribution in [0.2, 0.25) is 0 Å². The number of anilines is 1. The summed E-state index contributed by atoms with van der Waals surface area (Å²) in [5, 5.41) is 21.8. The van der Waals surface area contributed by atoms with Gasteiger partial charge in [0.05, 0.1) is 29.5 Å². The van der Waals surface area contributed by atoms with Gasteiger partial charge in [-0.2, -0.15) is 0 Å². The Balaban J connectivity index is 1.91. The minimum atomic E-state index is -3.86. The number of hydrogen-bond donors (Lipinski definition) is 3. The van der Waals surface area contributed by atoms with E-state index in [1.165, 1.54) is 12.1 Å². The number of nitrogens with one attached hydrogen (secondary N) is 1. The van der Waals surface area contributed by atoms with Gasteiger partial charge in [-0.05, 0) is 35.6 Å². The van der Waals surface area contributed by atoms with Crippen molar-refractivity contribution in [2.45, 2.75) is 24.2 Å². The molecular formula is C17H18BNO7S. The quantitative estimate of drug-likeness (QED) is 0.654. The third-order valence-corrected chi connectivity index (χ3v) is 5.78. The van der Waals surface area contributed by atoms with Crippen molar-refractivity contribution in [1.82, 2.24) is 0 Å². The number of amides is 1. The smallest absolute Gasteiger partial charge is 0.491 e. The zero-order chi connectivity index (χ0) is 19.6. The number of rotatable bonds is 5. The molecule has 2 aromatic rings. The number of aromatic hydroxyl groups is 1. The first kappa shape index (κ1) is 19.2. The Labute approximate surface area is 156 Å². The van der Waals surface area contributed by atoms with Gasteiger partial charge in [0.25, 0.3) is 0 Å². The summed E-state index contributed by atoms with van der Waals surface area (Å²) in [6.07, 6.45) is -0.822. The largest absolute Gasteiger partial charge is 0.508 e. The monoisotopic (exact) mass is 391 g/mol. The second-order valence-electron chi connectivity index (χ2n) is 5.98. The van der Waals surface area contributed by atoms with E-state index in [0.29, 0.717) is 11.0 Å². The fourth-order valence-electron chi connectivity index (χ4n) is 2.82. The van der Waals surface area contributed by atoms with Crippen LogP contribution in [0, 0.1) is 0 Å². The molecule has 0 aliphatic carbocycles. The van der Waals surface area contributed by atoms with E-state index in [4.69, 9.17) is 9.39 Å². The van der Waals surface area contributed by atoms with E-state index in [1.54, 1.807) is 25.1 Å². The van der Waals surface area contributed by atoms with E-state index >= 15 is 0 Å². The van der Waals surface area contributed by atoms with Gasteiger partial charge in [-0.15, -0.1) is 0 Å². The maximum atomic E-state index is 12.9. The molecule has 2 aromatic carbocycles. The Kier molecular flexibility index (Phi) is 5.40. The highest BCUT2D eigenvalue weighted by molar-refractivity contribution is 7.90. The lowest BCUT2D eigenvalue weighted by Gasteiger charge is -2.13. The molecule has 27 heavy (non-hydrogen) atoms. The summed E-state index contributed by atoms with van der Waals surface area (Å²) >= 11 is 0. The second kappa shape index (κ2) is 7.59. The van der Waals surface area contributed by atoms with Crippen LogP contribution in [0.1, 0.15) is 18.1 Å². The van der Waals surface area contributed by atoms with Crippen LogP contribution in [0.25, 0.3) is 0 Å². The van der Waals surface area contributed by atoms with Gasteiger partial charge < -0.3 is 19.5 Å². The van der Waals surface area contributed by atoms with Crippen molar-refractivity contribution in [1.29, 1.82) is 0 Å². The molecule has 0 atom stereocenters. The molecule has 0 spiro atoms. The minimum Gasteiger partial charge on any atom is -0.508 e. The van der Waals surface area contributed by atoms with Gasteiger partial charge >= 0.3 is 13.2 Å². The molecule has 1 heterocycles. The van der Waals surface area contributed by atoms with Crippen LogP contribution >= 0.6 is 0 Å². The normalized spacial score (nSPS) is 13.3. The van der Waals surface area contributed by atoms with Gasteiger partial charge in [0, 0.05) is 6.07 Å². The molecule has 8 nitrogen and oxygen atoms in total. The summed E-state index contributed by atoms with van der Waals surface area (Å²) in [5.41, 5.74) is 1.74. The molecule has 0 bridgehead atoms. The van der Waals surface area contributed by atoms with Gasteiger partial charge in [0.2, 0.25) is 0 Å². The summed E-state index contributed by atoms with van der Waals surface area (Å²) in [5.74, 6) is -0.548. The SMILES string of the molecule is CCOC(=O)Nc1cc(O)ccc1S(=O)(=O)Cc1ccc2c(c1)B(O)OC2. The van der Waals surface area contributed by atoms with E-state index in [9.17, 15) is 23.3 Å². The number of ether oxygens (including phenoxy) is 1. The van der Waals surface area contributed by atoms with Crippen molar-refractivity contribution in [2.24, 2.45) is 0 Å². The van der Waals surface area contributed by atoms with Crippen molar-refractivity contribution in [3.05, 3.63) is 47.5 Å². The third-order valence-electron chi connectivity index (χ3n) is 4.04. The first-order valence-electron chi connectivity index (χ1n) is 8.21. The maximum Gasteiger partial charge on any atom is 0.491 e. The zero-order valence-corrected chi connectivity index (χ0v) is 15.3. The molecule has 0 aromatic heterocycles. The molecule has 3 N–H and O–H groups in total. The number of benzene rings is 2. The highest BCUT2D eigenvalue weighted by atomic mass is 32.2. The van der Waals surface area contributed by atoms with Gasteiger partial charge in [0.1, 0.15) is 5.75 Å². The van der Waals surface area contributed by atoms with E-state index in [0.717, 1.165) is 11.6 Å². The number of phenolic OH excluding ortho intramolecular Hbond substituents is 1. The molecule has 3 rings (SSSR count). The average Bonchev–Trinajstić information content (AvgIpc) is 2.95. The number of fused-ring (bicyclic) bond motifs is 1. The van der Waals surface area contributed by atoms with Gasteiger partial charge in [0.15, 0.2) is 9.84 Å². The maximum absolute atomic E-state index is 12.9. The average molecular weight is 391 g/mol. The molecule has 142 valence electrons. The van der Waals surface area contributed by atoms with Crippen LogP contribution in [-0.4, -0.2) is 38.4 Å². The summed E-state index contributed by atoms with van der Waals surface area (Å²) in [6.45, 7) is 2.01. The number of carbonyl (C=O) groups excluding carboxylic acids is 1. The predicted molar refractivity (Wildman–Crippen MR) is 98.5 cm³/mol. The van der Waals surface area contributed by atoms with Crippen LogP contribution in [0.4, 0.5) is 10.5 Å². The van der Waals surface area contributed by atoms with E-state index in [2.05, 4.69) is 5.32 Å². The molecule has 0 fully saturated rings. The lowest BCUT2D eigenvalue weighted by molar-refractivity contribution is 0.168. The molecule has 1 aliphatic heterocycles. The van der Waals surface area contributed by atoms with E-state index in [1.807, 2.05) is 0 Å². The number of phenols is 1. The fraction of sp³-hybridized carbons (Fsp3) is 0.235. The van der Waals surface area contributed by atoms with E-state index < -0.39 is 23.0 Å². The Morgan fingerprint density at radius 1 is 1.30 bits per heavy atom. The molecule has 0 saturated carbocycles. The lowest BCUT2D eigenvalue weighted by atomic mass is 9.79. The Morgan fingerprint density at radius 2 is 2.07 bits per heavy atom. The van der Waals surface area contributed by atoms with Gasteiger partial charge in [-0.25, -0.2) is 13.2 Å². The fourth-order valence-corrected chi connectivity index (χ4v) is 4.31. The topological polar surface area (TPSA) is 122 Å². The van der Waals surface area contributed by atoms with Crippen LogP contribution < -0.4 is 10.8 Å². The predicted octanol–water partition coefficient (Wildman–Crippen LogP) is 1.15. The zero-order valence-electron chi connectivity index (χ0n) is 14.5. The molecule has 0 radical (unpaired) electrons. The van der Waals surface area contributed by atoms with Crippen molar-refractivity contribution >= 4 is 34.2 Å². The first-order valence-corrected chi connectivity index (χ1v) is 9.86. The Morgan fingerprint density at radius 3 is 2.81 bits per heavy atom. The Bertz CT molecular complexity index is 977. The standard InChI is InChI=1S/C17H18BNO7S/c1-2-25-17(21)19-15-8-13(20)5-6-16(15)27(23,24)10-11-3-4-12-9-26-18(22)14(12)7-11/h3-8,20,22H,2,9-10H2,1H3,(H,19,21). The molecule has 1 aliphatic rings. The van der Waals surface area contributed by atoms with Crippen molar-refractivity contribution in [2.75, 3.05) is 11.9 Å². The second-order valence-corrected chi connectivity index (χ2v) is 7.94. The van der Waals surface area contributed by atoms with Crippen LogP contribution in [0.15, 0.2) is 41.3 Å². The Hall–Kier alpha value is -2.56. The highest BCUT2D eigenvalue weighted by Crippen LogP contribution is 2.29. The molecule has 1 amide bonds. The highest BCUT2D eigenvalue weighted by Gasteiger charge is 2.28. The number of sulfone groups is 1. The molecular weight excluding hydrogens is 373 g/mol. The number of carbonyl (C=O) groups is 1. The molecule has 10 heteroatoms. The van der Waals surface area contributed by atoms with Crippen molar-refractivity contribution in [3.63, 3.8) is 0 Å². The van der Waals surface area contributed by atoms with E-state index in [-0.39, 0.29) is 35.3 Å². The summed E-state index contributed by atoms with van der Waals surface area (Å²) in [4.78, 5) is 11.5. The van der Waals surface area contributed by atoms with Crippen LogP contribution in [-0.2, 0) is 31.6 Å². The van der Waals surface area contributed by atoms with Gasteiger partial charge in [-0.3, -0.25) is 5.32 Å². The van der Waals surface area contributed by atoms with Crippen molar-refractivity contribution < 1.29 is 32.7 Å². The molecule has 0 saturated heterocycles. The lowest BCUT2D eigenvalue weighted by Crippen LogP contribution is -2.28. The summed E-state index contributed by atoms with van der Waals surface area (Å²) in [7, 11) is -4.93. The summed E-state index contributed by atoms with van der Waals surface area (Å²) < 4.78 is 35.6.